The highest BCUT2D eigenvalue weighted by atomic mass is 79.9. The molecule has 17 heteroatoms. The van der Waals surface area contributed by atoms with E-state index in [2.05, 4.69) is 52.5 Å². The molecule has 0 unspecified atom stereocenters. The Labute approximate surface area is 389 Å². The number of hydrogen-bond donors (Lipinski definition) is 5. The third-order valence-electron chi connectivity index (χ3n) is 9.48. The second-order valence-electron chi connectivity index (χ2n) is 15.1. The van der Waals surface area contributed by atoms with Crippen LogP contribution >= 0.6 is 55.4 Å². The average molecular weight is 1020 g/mol. The molecule has 0 spiro atoms. The summed E-state index contributed by atoms with van der Waals surface area (Å²) in [4.78, 5) is 87.4. The molecule has 0 saturated heterocycles. The van der Waals surface area contributed by atoms with Crippen molar-refractivity contribution in [2.24, 2.45) is 5.73 Å². The van der Waals surface area contributed by atoms with Crippen LogP contribution in [0, 0.1) is 10.8 Å². The molecule has 62 heavy (non-hydrogen) atoms. The van der Waals surface area contributed by atoms with E-state index in [1.807, 2.05) is 24.3 Å². The first-order chi connectivity index (χ1) is 29.5. The Bertz CT molecular complexity index is 1970. The van der Waals surface area contributed by atoms with Crippen molar-refractivity contribution in [2.45, 2.75) is 120 Å². The zero-order valence-electron chi connectivity index (χ0n) is 35.7. The van der Waals surface area contributed by atoms with Crippen molar-refractivity contribution in [3.05, 3.63) is 79.2 Å². The van der Waals surface area contributed by atoms with Gasteiger partial charge in [0.15, 0.2) is 11.6 Å². The fourth-order valence-electron chi connectivity index (χ4n) is 6.57. The normalized spacial score (nSPS) is 10.9. The molecule has 3 rings (SSSR count). The summed E-state index contributed by atoms with van der Waals surface area (Å²) < 4.78 is 1.41. The molecule has 0 fully saturated rings. The van der Waals surface area contributed by atoms with Crippen LogP contribution in [0.15, 0.2) is 55.4 Å². The Hall–Kier alpha value is -4.06. The number of hydrogen-bond acceptors (Lipinski definition) is 12. The SMILES string of the molecule is CC(=N)CCCCCC(=O)Cc1cc(Br)cc(CC(=O)c2cc(C(=O)Cc3cc(Br)cc(CC(=O)CCCCCC(=N)N)c3SCCNC(C)=O)ncn2)c1SCCNC(C)=O. The Morgan fingerprint density at radius 2 is 0.968 bits per heavy atom. The Balaban J connectivity index is 1.85. The third kappa shape index (κ3) is 20.0. The van der Waals surface area contributed by atoms with Gasteiger partial charge in [0.2, 0.25) is 11.8 Å². The van der Waals surface area contributed by atoms with Gasteiger partial charge in [-0.25, -0.2) is 9.97 Å². The first kappa shape index (κ1) is 52.3. The van der Waals surface area contributed by atoms with Gasteiger partial charge in [0.1, 0.15) is 29.3 Å². The lowest BCUT2D eigenvalue weighted by Crippen LogP contribution is -2.22. The molecular weight excluding hydrogens is 958 g/mol. The number of ketones is 4. The van der Waals surface area contributed by atoms with Gasteiger partial charge in [-0.05, 0) is 91.6 Å². The molecule has 0 bridgehead atoms. The molecule has 334 valence electrons. The number of carbonyl (C=O) groups is 6. The summed E-state index contributed by atoms with van der Waals surface area (Å²) in [6.07, 6.45) is 8.07. The van der Waals surface area contributed by atoms with Gasteiger partial charge in [-0.1, -0.05) is 44.7 Å². The number of nitrogens with zero attached hydrogens (tertiary/aromatic N) is 2. The van der Waals surface area contributed by atoms with Crippen molar-refractivity contribution in [1.82, 2.24) is 20.6 Å². The Kier molecular flexibility index (Phi) is 23.5. The number of carbonyl (C=O) groups excluding carboxylic acids is 6. The van der Waals surface area contributed by atoms with Crippen LogP contribution in [0.25, 0.3) is 0 Å². The molecule has 1 heterocycles. The number of nitrogens with one attached hydrogen (secondary N) is 4. The number of unbranched alkanes of at least 4 members (excludes halogenated alkanes) is 4. The van der Waals surface area contributed by atoms with E-state index in [-0.39, 0.29) is 77.9 Å². The predicted molar refractivity (Wildman–Crippen MR) is 254 cm³/mol. The minimum absolute atomic E-state index is 0.0468. The topological polar surface area (TPSA) is 226 Å². The minimum atomic E-state index is -0.351. The fourth-order valence-corrected chi connectivity index (χ4v) is 9.76. The van der Waals surface area contributed by atoms with E-state index in [1.165, 1.54) is 49.8 Å². The zero-order chi connectivity index (χ0) is 45.6. The number of halogens is 2. The average Bonchev–Trinajstić information content (AvgIpc) is 3.18. The standard InChI is InChI=1S/C45H57Br2N7O6S2/c1-28(48)10-6-4-7-11-37(57)22-31-18-35(46)20-33(44(31)61-16-14-51-29(2)55)24-41(59)39-26-40(54-27-53-39)42(60)25-34-21-36(47)19-32(45(34)62-17-15-52-30(3)56)23-38(58)12-8-5-9-13-43(49)50/h18-21,26-27,48H,4-17,22-25H2,1-3H3,(H3,49,50)(H,51,55)(H,52,56). The minimum Gasteiger partial charge on any atom is -0.388 e. The predicted octanol–water partition coefficient (Wildman–Crippen LogP) is 8.41. The van der Waals surface area contributed by atoms with Gasteiger partial charge in [-0.2, -0.15) is 0 Å². The van der Waals surface area contributed by atoms with Gasteiger partial charge >= 0.3 is 0 Å². The van der Waals surface area contributed by atoms with Crippen LogP contribution in [-0.4, -0.2) is 81.1 Å². The van der Waals surface area contributed by atoms with Crippen LogP contribution in [0.5, 0.6) is 0 Å². The second-order valence-corrected chi connectivity index (χ2v) is 19.2. The van der Waals surface area contributed by atoms with Gasteiger partial charge in [0.05, 0.1) is 5.84 Å². The molecule has 6 N–H and O–H groups in total. The van der Waals surface area contributed by atoms with Crippen LogP contribution < -0.4 is 16.4 Å². The summed E-state index contributed by atoms with van der Waals surface area (Å²) in [6, 6.07) is 8.84. The van der Waals surface area contributed by atoms with Crippen LogP contribution in [0.2, 0.25) is 0 Å². The third-order valence-corrected chi connectivity index (χ3v) is 12.8. The van der Waals surface area contributed by atoms with Crippen molar-refractivity contribution < 1.29 is 28.8 Å². The lowest BCUT2D eigenvalue weighted by Gasteiger charge is -2.16. The molecule has 0 aliphatic rings. The van der Waals surface area contributed by atoms with Crippen molar-refractivity contribution in [2.75, 3.05) is 24.6 Å². The molecule has 2 aromatic carbocycles. The molecule has 0 atom stereocenters. The van der Waals surface area contributed by atoms with Gasteiger partial charge in [0, 0.05) is 108 Å². The lowest BCUT2D eigenvalue weighted by molar-refractivity contribution is -0.119. The number of thioether (sulfide) groups is 2. The fraction of sp³-hybridized carbons (Fsp3) is 0.467. The Morgan fingerprint density at radius 3 is 1.35 bits per heavy atom. The van der Waals surface area contributed by atoms with Crippen molar-refractivity contribution in [1.29, 1.82) is 10.8 Å². The van der Waals surface area contributed by atoms with Gasteiger partial charge in [-0.3, -0.25) is 34.2 Å². The largest absolute Gasteiger partial charge is 0.388 e. The Morgan fingerprint density at radius 1 is 0.581 bits per heavy atom. The quantitative estimate of drug-likeness (QED) is 0.0140. The summed E-state index contributed by atoms with van der Waals surface area (Å²) in [5, 5.41) is 20.6. The van der Waals surface area contributed by atoms with Crippen LogP contribution in [0.1, 0.15) is 128 Å². The maximum absolute atomic E-state index is 13.9. The van der Waals surface area contributed by atoms with E-state index < -0.39 is 0 Å². The zero-order valence-corrected chi connectivity index (χ0v) is 40.5. The molecule has 0 radical (unpaired) electrons. The molecule has 13 nitrogen and oxygen atoms in total. The number of nitrogens with two attached hydrogens (primary N) is 1. The highest BCUT2D eigenvalue weighted by molar-refractivity contribution is 9.10. The highest BCUT2D eigenvalue weighted by Crippen LogP contribution is 2.34. The maximum Gasteiger partial charge on any atom is 0.216 e. The summed E-state index contributed by atoms with van der Waals surface area (Å²) >= 11 is 10.1. The smallest absolute Gasteiger partial charge is 0.216 e. The summed E-state index contributed by atoms with van der Waals surface area (Å²) in [6.45, 7) is 5.45. The van der Waals surface area contributed by atoms with E-state index in [9.17, 15) is 28.8 Å². The first-order valence-electron chi connectivity index (χ1n) is 20.7. The van der Waals surface area contributed by atoms with Crippen LogP contribution in [0.3, 0.4) is 0 Å². The molecule has 0 aliphatic heterocycles. The number of amides is 2. The molecule has 0 aliphatic carbocycles. The van der Waals surface area contributed by atoms with E-state index in [0.717, 1.165) is 59.4 Å². The molecular formula is C45H57Br2N7O6S2. The maximum atomic E-state index is 13.9. The number of amidine groups is 1. The van der Waals surface area contributed by atoms with E-state index >= 15 is 0 Å². The summed E-state index contributed by atoms with van der Waals surface area (Å²) in [7, 11) is 0. The van der Waals surface area contributed by atoms with E-state index in [4.69, 9.17) is 16.6 Å². The number of rotatable bonds is 30. The number of benzene rings is 2. The van der Waals surface area contributed by atoms with E-state index in [0.29, 0.717) is 76.1 Å². The van der Waals surface area contributed by atoms with Gasteiger partial charge in [-0.15, -0.1) is 23.5 Å². The summed E-state index contributed by atoms with van der Waals surface area (Å²) in [5.41, 5.74) is 9.10. The van der Waals surface area contributed by atoms with Crippen molar-refractivity contribution >= 4 is 102 Å². The summed E-state index contributed by atoms with van der Waals surface area (Å²) in [5.74, 6) is 0.259. The molecule has 1 aromatic heterocycles. The van der Waals surface area contributed by atoms with Gasteiger partial charge in [0.25, 0.3) is 0 Å². The van der Waals surface area contributed by atoms with Crippen LogP contribution in [-0.2, 0) is 44.9 Å². The van der Waals surface area contributed by atoms with Crippen LogP contribution in [0.4, 0.5) is 0 Å². The van der Waals surface area contributed by atoms with Crippen molar-refractivity contribution in [3.63, 3.8) is 0 Å². The van der Waals surface area contributed by atoms with E-state index in [1.54, 1.807) is 6.92 Å². The second kappa shape index (κ2) is 27.9. The molecule has 3 aromatic rings. The number of aromatic nitrogens is 2. The highest BCUT2D eigenvalue weighted by Gasteiger charge is 2.22. The van der Waals surface area contributed by atoms with Crippen molar-refractivity contribution in [3.8, 4) is 0 Å². The van der Waals surface area contributed by atoms with Gasteiger partial charge < -0.3 is 21.8 Å². The number of Topliss-reactive ketones (excluding diaryl/α,β-unsaturated/α-hetero) is 4. The molecule has 0 saturated carbocycles. The molecule has 2 amide bonds. The monoisotopic (exact) mass is 1010 g/mol. The lowest BCUT2D eigenvalue weighted by atomic mass is 9.98. The first-order valence-corrected chi connectivity index (χ1v) is 24.2.